The number of fused-ring (bicyclic) bond motifs is 1. The van der Waals surface area contributed by atoms with Gasteiger partial charge in [-0.2, -0.15) is 17.4 Å². The molecule has 0 bridgehead atoms. The summed E-state index contributed by atoms with van der Waals surface area (Å²) >= 11 is 0. The maximum atomic E-state index is 12.0. The number of nitrogens with zero attached hydrogens (tertiary/aromatic N) is 5. The van der Waals surface area contributed by atoms with Gasteiger partial charge in [0.25, 0.3) is 10.2 Å². The zero-order valence-corrected chi connectivity index (χ0v) is 20.2. The number of hydrogen-bond acceptors (Lipinski definition) is 7. The van der Waals surface area contributed by atoms with Crippen LogP contribution in [0.15, 0.2) is 36.8 Å². The molecule has 10 nitrogen and oxygen atoms in total. The molecule has 1 fully saturated rings. The van der Waals surface area contributed by atoms with Gasteiger partial charge in [0.2, 0.25) is 5.95 Å². The smallest absolute Gasteiger partial charge is 0.279 e. The lowest BCUT2D eigenvalue weighted by Gasteiger charge is -2.30. The van der Waals surface area contributed by atoms with Crippen molar-refractivity contribution in [2.45, 2.75) is 57.2 Å². The maximum Gasteiger partial charge on any atom is 0.279 e. The molecule has 0 atom stereocenters. The molecule has 0 unspecified atom stereocenters. The first-order valence-corrected chi connectivity index (χ1v) is 12.5. The molecular weight excluding hydrogens is 442 g/mol. The summed E-state index contributed by atoms with van der Waals surface area (Å²) in [6.07, 6.45) is 8.49. The van der Waals surface area contributed by atoms with E-state index in [1.54, 1.807) is 26.2 Å². The number of nitrogens with one attached hydrogen (secondary N) is 2. The van der Waals surface area contributed by atoms with Crippen LogP contribution in [0.4, 0.5) is 5.95 Å². The van der Waals surface area contributed by atoms with Crippen molar-refractivity contribution in [2.24, 2.45) is 0 Å². The first-order valence-electron chi connectivity index (χ1n) is 11.0. The Morgan fingerprint density at radius 3 is 2.48 bits per heavy atom. The van der Waals surface area contributed by atoms with Gasteiger partial charge in [-0.05, 0) is 51.7 Å². The number of anilines is 1. The van der Waals surface area contributed by atoms with Gasteiger partial charge >= 0.3 is 0 Å². The van der Waals surface area contributed by atoms with Gasteiger partial charge in [0.15, 0.2) is 0 Å². The van der Waals surface area contributed by atoms with Crippen LogP contribution in [0.25, 0.3) is 17.0 Å². The lowest BCUT2D eigenvalue weighted by atomic mass is 9.92. The Balaban J connectivity index is 1.47. The van der Waals surface area contributed by atoms with E-state index in [9.17, 15) is 13.5 Å². The average molecular weight is 474 g/mol. The number of rotatable bonds is 7. The normalized spacial score (nSPS) is 19.8. The van der Waals surface area contributed by atoms with Crippen molar-refractivity contribution in [2.75, 3.05) is 19.4 Å². The average Bonchev–Trinajstić information content (AvgIpc) is 3.18. The molecule has 33 heavy (non-hydrogen) atoms. The lowest BCUT2D eigenvalue weighted by molar-refractivity contribution is 0.0796. The molecular formula is C22H31N7O3S. The highest BCUT2D eigenvalue weighted by Crippen LogP contribution is 2.28. The molecule has 0 amide bonds. The molecule has 0 aromatic carbocycles. The second-order valence-electron chi connectivity index (χ2n) is 9.18. The fourth-order valence-corrected chi connectivity index (χ4v) is 4.97. The van der Waals surface area contributed by atoms with E-state index in [1.807, 2.05) is 28.8 Å². The van der Waals surface area contributed by atoms with Gasteiger partial charge in [-0.3, -0.25) is 4.40 Å². The van der Waals surface area contributed by atoms with E-state index in [0.717, 1.165) is 42.6 Å². The predicted molar refractivity (Wildman–Crippen MR) is 127 cm³/mol. The monoisotopic (exact) mass is 473 g/mol. The quantitative estimate of drug-likeness (QED) is 0.480. The summed E-state index contributed by atoms with van der Waals surface area (Å²) in [6.45, 7) is 3.48. The SMILES string of the molecule is CN(C)S(=O)(=O)NC1CCC(Nc2nccc(-c3cnc4c(C(C)(C)O)cccn34)n2)CC1. The third-order valence-corrected chi connectivity index (χ3v) is 7.56. The van der Waals surface area contributed by atoms with Crippen LogP contribution in [0.3, 0.4) is 0 Å². The van der Waals surface area contributed by atoms with Crippen molar-refractivity contribution in [1.29, 1.82) is 0 Å². The van der Waals surface area contributed by atoms with Crippen LogP contribution in [0.2, 0.25) is 0 Å². The van der Waals surface area contributed by atoms with E-state index in [0.29, 0.717) is 11.6 Å². The zero-order chi connectivity index (χ0) is 23.8. The van der Waals surface area contributed by atoms with Crippen LogP contribution in [0.1, 0.15) is 45.1 Å². The van der Waals surface area contributed by atoms with Crippen molar-refractivity contribution in [3.63, 3.8) is 0 Å². The second-order valence-corrected chi connectivity index (χ2v) is 11.1. The van der Waals surface area contributed by atoms with Crippen molar-refractivity contribution in [3.05, 3.63) is 42.4 Å². The van der Waals surface area contributed by atoms with Crippen LogP contribution in [-0.4, -0.2) is 63.4 Å². The minimum absolute atomic E-state index is 0.0640. The minimum Gasteiger partial charge on any atom is -0.386 e. The molecule has 3 aromatic heterocycles. The van der Waals surface area contributed by atoms with E-state index in [2.05, 4.69) is 25.0 Å². The molecule has 1 aliphatic carbocycles. The highest BCUT2D eigenvalue weighted by atomic mass is 32.2. The maximum absolute atomic E-state index is 12.0. The van der Waals surface area contributed by atoms with Gasteiger partial charge in [0, 0.05) is 44.1 Å². The molecule has 0 radical (unpaired) electrons. The van der Waals surface area contributed by atoms with Crippen LogP contribution >= 0.6 is 0 Å². The number of aromatic nitrogens is 4. The summed E-state index contributed by atoms with van der Waals surface area (Å²) in [6, 6.07) is 5.69. The molecule has 11 heteroatoms. The van der Waals surface area contributed by atoms with Crippen molar-refractivity contribution in [3.8, 4) is 11.4 Å². The highest BCUT2D eigenvalue weighted by Gasteiger charge is 2.26. The molecule has 4 rings (SSSR count). The van der Waals surface area contributed by atoms with Gasteiger partial charge in [0.1, 0.15) is 5.65 Å². The van der Waals surface area contributed by atoms with Crippen molar-refractivity contribution >= 4 is 21.8 Å². The number of hydrogen-bond donors (Lipinski definition) is 3. The van der Waals surface area contributed by atoms with Gasteiger partial charge in [-0.25, -0.2) is 15.0 Å². The van der Waals surface area contributed by atoms with Crippen molar-refractivity contribution < 1.29 is 13.5 Å². The van der Waals surface area contributed by atoms with Gasteiger partial charge < -0.3 is 10.4 Å². The number of aliphatic hydroxyl groups is 1. The summed E-state index contributed by atoms with van der Waals surface area (Å²) in [5, 5.41) is 13.9. The Labute approximate surface area is 194 Å². The Morgan fingerprint density at radius 2 is 1.82 bits per heavy atom. The third-order valence-electron chi connectivity index (χ3n) is 5.97. The first-order chi connectivity index (χ1) is 15.5. The van der Waals surface area contributed by atoms with Gasteiger partial charge in [0.05, 0.1) is 23.2 Å². The summed E-state index contributed by atoms with van der Waals surface area (Å²) in [7, 11) is -0.375. The number of pyridine rings is 1. The molecule has 178 valence electrons. The molecule has 3 N–H and O–H groups in total. The molecule has 3 aromatic rings. The Bertz CT molecular complexity index is 1230. The fraction of sp³-hybridized carbons (Fsp3) is 0.500. The van der Waals surface area contributed by atoms with Crippen LogP contribution in [0.5, 0.6) is 0 Å². The second kappa shape index (κ2) is 8.98. The molecule has 0 aliphatic heterocycles. The van der Waals surface area contributed by atoms with E-state index in [-0.39, 0.29) is 12.1 Å². The van der Waals surface area contributed by atoms with Gasteiger partial charge in [-0.1, -0.05) is 6.07 Å². The first kappa shape index (κ1) is 23.6. The molecule has 1 aliphatic rings. The highest BCUT2D eigenvalue weighted by molar-refractivity contribution is 7.87. The topological polar surface area (TPSA) is 125 Å². The summed E-state index contributed by atoms with van der Waals surface area (Å²) in [5.74, 6) is 0.526. The minimum atomic E-state index is -3.42. The molecule has 0 spiro atoms. The predicted octanol–water partition coefficient (Wildman–Crippen LogP) is 2.14. The van der Waals surface area contributed by atoms with E-state index in [1.165, 1.54) is 18.4 Å². The molecule has 3 heterocycles. The largest absolute Gasteiger partial charge is 0.386 e. The molecule has 0 saturated heterocycles. The van der Waals surface area contributed by atoms with Crippen LogP contribution in [-0.2, 0) is 15.8 Å². The van der Waals surface area contributed by atoms with E-state index >= 15 is 0 Å². The Kier molecular flexibility index (Phi) is 6.41. The van der Waals surface area contributed by atoms with Crippen molar-refractivity contribution in [1.82, 2.24) is 28.4 Å². The number of imidazole rings is 1. The summed E-state index contributed by atoms with van der Waals surface area (Å²) in [4.78, 5) is 13.6. The standard InChI is InChI=1S/C22H31N7O3S/c1-22(2,30)17-6-5-13-29-19(14-24-20(17)29)18-11-12-23-21(26-18)25-15-7-9-16(10-8-15)27-33(31,32)28(3)4/h5-6,11-16,27,30H,7-10H2,1-4H3,(H,23,25,26). The van der Waals surface area contributed by atoms with Gasteiger partial charge in [-0.15, -0.1) is 0 Å². The fourth-order valence-electron chi connectivity index (χ4n) is 4.10. The summed E-state index contributed by atoms with van der Waals surface area (Å²) in [5.41, 5.74) is 1.95. The Morgan fingerprint density at radius 1 is 1.12 bits per heavy atom. The third kappa shape index (κ3) is 5.16. The van der Waals surface area contributed by atoms with Crippen LogP contribution in [0, 0.1) is 0 Å². The summed E-state index contributed by atoms with van der Waals surface area (Å²) < 4.78 is 30.0. The van der Waals surface area contributed by atoms with Crippen LogP contribution < -0.4 is 10.0 Å². The lowest BCUT2D eigenvalue weighted by Crippen LogP contribution is -2.44. The Hall–Kier alpha value is -2.60. The zero-order valence-electron chi connectivity index (χ0n) is 19.4. The van der Waals surface area contributed by atoms with E-state index < -0.39 is 15.8 Å². The molecule has 1 saturated carbocycles. The van der Waals surface area contributed by atoms with E-state index in [4.69, 9.17) is 0 Å².